The van der Waals surface area contributed by atoms with Gasteiger partial charge in [0.15, 0.2) is 0 Å². The van der Waals surface area contributed by atoms with Gasteiger partial charge in [-0.3, -0.25) is 9.59 Å². The molecule has 1 unspecified atom stereocenters. The Morgan fingerprint density at radius 2 is 2.11 bits per heavy atom. The molecule has 5 nitrogen and oxygen atoms in total. The maximum atomic E-state index is 12.3. The highest BCUT2D eigenvalue weighted by atomic mass is 16.2. The van der Waals surface area contributed by atoms with Gasteiger partial charge in [0.05, 0.1) is 0 Å². The van der Waals surface area contributed by atoms with E-state index in [0.717, 1.165) is 5.56 Å². The summed E-state index contributed by atoms with van der Waals surface area (Å²) in [5.41, 5.74) is 6.72. The van der Waals surface area contributed by atoms with E-state index in [1.165, 1.54) is 4.90 Å². The van der Waals surface area contributed by atoms with Gasteiger partial charge in [-0.2, -0.15) is 0 Å². The number of carbonyl (C=O) groups is 2. The number of nitrogens with zero attached hydrogens (tertiary/aromatic N) is 1. The zero-order valence-corrected chi connectivity index (χ0v) is 10.3. The van der Waals surface area contributed by atoms with E-state index in [0.29, 0.717) is 13.1 Å². The first-order valence-corrected chi connectivity index (χ1v) is 6.00. The van der Waals surface area contributed by atoms with E-state index in [1.807, 2.05) is 30.3 Å². The van der Waals surface area contributed by atoms with Gasteiger partial charge in [-0.1, -0.05) is 30.3 Å². The second kappa shape index (κ2) is 5.18. The van der Waals surface area contributed by atoms with Crippen molar-refractivity contribution in [2.24, 2.45) is 5.73 Å². The summed E-state index contributed by atoms with van der Waals surface area (Å²) in [6.07, 6.45) is 0. The van der Waals surface area contributed by atoms with Gasteiger partial charge in [-0.15, -0.1) is 0 Å². The van der Waals surface area contributed by atoms with E-state index in [-0.39, 0.29) is 11.8 Å². The highest BCUT2D eigenvalue weighted by Gasteiger charge is 2.32. The first kappa shape index (κ1) is 12.6. The molecule has 18 heavy (non-hydrogen) atoms. The van der Waals surface area contributed by atoms with E-state index in [2.05, 4.69) is 5.32 Å². The van der Waals surface area contributed by atoms with Crippen molar-refractivity contribution < 1.29 is 9.59 Å². The van der Waals surface area contributed by atoms with Crippen LogP contribution in [-0.4, -0.2) is 35.8 Å². The van der Waals surface area contributed by atoms with Crippen LogP contribution in [-0.2, 0) is 9.59 Å². The van der Waals surface area contributed by atoms with Crippen LogP contribution in [0, 0.1) is 0 Å². The van der Waals surface area contributed by atoms with Crippen LogP contribution in [0.3, 0.4) is 0 Å². The first-order valence-electron chi connectivity index (χ1n) is 6.00. The average molecular weight is 247 g/mol. The molecule has 1 aliphatic heterocycles. The Morgan fingerprint density at radius 1 is 1.44 bits per heavy atom. The summed E-state index contributed by atoms with van der Waals surface area (Å²) < 4.78 is 0. The molecule has 96 valence electrons. The third-order valence-electron chi connectivity index (χ3n) is 3.21. The average Bonchev–Trinajstić information content (AvgIpc) is 2.41. The Balaban J connectivity index is 2.14. The molecule has 2 amide bonds. The van der Waals surface area contributed by atoms with Gasteiger partial charge in [-0.05, 0) is 12.5 Å². The maximum Gasteiger partial charge on any atom is 0.244 e. The molecule has 0 bridgehead atoms. The van der Waals surface area contributed by atoms with Crippen LogP contribution >= 0.6 is 0 Å². The second-order valence-corrected chi connectivity index (χ2v) is 4.39. The molecule has 0 radical (unpaired) electrons. The predicted molar refractivity (Wildman–Crippen MR) is 67.6 cm³/mol. The van der Waals surface area contributed by atoms with Crippen LogP contribution in [0.2, 0.25) is 0 Å². The lowest BCUT2D eigenvalue weighted by Gasteiger charge is -2.34. The number of nitrogens with two attached hydrogens (primary N) is 1. The summed E-state index contributed by atoms with van der Waals surface area (Å²) in [6, 6.07) is 8.02. The Labute approximate surface area is 106 Å². The van der Waals surface area contributed by atoms with Gasteiger partial charge in [0, 0.05) is 13.1 Å². The molecule has 5 heteroatoms. The minimum Gasteiger partial charge on any atom is -0.353 e. The number of carbonyl (C=O) groups excluding carboxylic acids is 2. The van der Waals surface area contributed by atoms with Gasteiger partial charge in [0.1, 0.15) is 12.1 Å². The first-order chi connectivity index (χ1) is 8.61. The monoisotopic (exact) mass is 247 g/mol. The van der Waals surface area contributed by atoms with Crippen LogP contribution in [0.1, 0.15) is 18.5 Å². The molecular formula is C13H17N3O2. The van der Waals surface area contributed by atoms with E-state index in [1.54, 1.807) is 6.92 Å². The lowest BCUT2D eigenvalue weighted by Crippen LogP contribution is -2.57. The van der Waals surface area contributed by atoms with E-state index in [4.69, 9.17) is 5.73 Å². The molecule has 1 saturated heterocycles. The summed E-state index contributed by atoms with van der Waals surface area (Å²) in [7, 11) is 0. The van der Waals surface area contributed by atoms with Gasteiger partial charge < -0.3 is 16.0 Å². The van der Waals surface area contributed by atoms with Crippen molar-refractivity contribution in [2.75, 3.05) is 13.1 Å². The number of rotatable bonds is 2. The van der Waals surface area contributed by atoms with E-state index in [9.17, 15) is 9.59 Å². The lowest BCUT2D eigenvalue weighted by atomic mass is 10.0. The molecule has 0 saturated carbocycles. The molecule has 0 spiro atoms. The molecule has 2 atom stereocenters. The smallest absolute Gasteiger partial charge is 0.244 e. The molecule has 1 aromatic rings. The number of hydrogen-bond acceptors (Lipinski definition) is 3. The van der Waals surface area contributed by atoms with Crippen molar-refractivity contribution in [2.45, 2.75) is 19.0 Å². The molecule has 1 aliphatic rings. The number of nitrogens with one attached hydrogen (secondary N) is 1. The molecular weight excluding hydrogens is 230 g/mol. The largest absolute Gasteiger partial charge is 0.353 e. The summed E-state index contributed by atoms with van der Waals surface area (Å²) >= 11 is 0. The van der Waals surface area contributed by atoms with Crippen molar-refractivity contribution in [3.05, 3.63) is 35.9 Å². The fraction of sp³-hybridized carbons (Fsp3) is 0.385. The van der Waals surface area contributed by atoms with E-state index >= 15 is 0 Å². The SMILES string of the molecule is CC1C(=O)NCCN1C(=O)[C@H](N)c1ccccc1. The van der Waals surface area contributed by atoms with Gasteiger partial charge in [0.2, 0.25) is 11.8 Å². The highest BCUT2D eigenvalue weighted by Crippen LogP contribution is 2.15. The number of benzene rings is 1. The Kier molecular flexibility index (Phi) is 3.62. The molecule has 1 heterocycles. The van der Waals surface area contributed by atoms with Crippen LogP contribution < -0.4 is 11.1 Å². The summed E-state index contributed by atoms with van der Waals surface area (Å²) in [5.74, 6) is -0.335. The van der Waals surface area contributed by atoms with Crippen LogP contribution in [0.15, 0.2) is 30.3 Å². The number of piperazine rings is 1. The van der Waals surface area contributed by atoms with Gasteiger partial charge in [-0.25, -0.2) is 0 Å². The summed E-state index contributed by atoms with van der Waals surface area (Å²) in [6.45, 7) is 2.70. The lowest BCUT2D eigenvalue weighted by molar-refractivity contribution is -0.143. The maximum absolute atomic E-state index is 12.3. The number of amides is 2. The summed E-state index contributed by atoms with van der Waals surface area (Å²) in [5, 5.41) is 2.72. The quantitative estimate of drug-likeness (QED) is 0.774. The minimum atomic E-state index is -0.709. The fourth-order valence-corrected chi connectivity index (χ4v) is 2.07. The molecule has 0 aromatic heterocycles. The standard InChI is InChI=1S/C13H17N3O2/c1-9-12(17)15-7-8-16(9)13(18)11(14)10-5-3-2-4-6-10/h2-6,9,11H,7-8,14H2,1H3,(H,15,17)/t9?,11-/m1/s1. The predicted octanol–water partition coefficient (Wildman–Crippen LogP) is 0.0333. The van der Waals surface area contributed by atoms with Crippen molar-refractivity contribution in [3.63, 3.8) is 0 Å². The Bertz CT molecular complexity index is 447. The topological polar surface area (TPSA) is 75.4 Å². The van der Waals surface area contributed by atoms with Crippen molar-refractivity contribution >= 4 is 11.8 Å². The fourth-order valence-electron chi connectivity index (χ4n) is 2.07. The molecule has 2 rings (SSSR count). The normalized spacial score (nSPS) is 21.3. The zero-order chi connectivity index (χ0) is 13.1. The van der Waals surface area contributed by atoms with Crippen LogP contribution in [0.5, 0.6) is 0 Å². The third kappa shape index (κ3) is 2.36. The Hall–Kier alpha value is -1.88. The minimum absolute atomic E-state index is 0.130. The van der Waals surface area contributed by atoms with Gasteiger partial charge >= 0.3 is 0 Å². The second-order valence-electron chi connectivity index (χ2n) is 4.39. The molecule has 0 aliphatic carbocycles. The van der Waals surface area contributed by atoms with Crippen molar-refractivity contribution in [1.29, 1.82) is 0 Å². The zero-order valence-electron chi connectivity index (χ0n) is 10.3. The highest BCUT2D eigenvalue weighted by molar-refractivity contribution is 5.91. The van der Waals surface area contributed by atoms with Crippen LogP contribution in [0.4, 0.5) is 0 Å². The van der Waals surface area contributed by atoms with E-state index < -0.39 is 12.1 Å². The number of hydrogen-bond donors (Lipinski definition) is 2. The third-order valence-corrected chi connectivity index (χ3v) is 3.21. The van der Waals surface area contributed by atoms with Crippen molar-refractivity contribution in [3.8, 4) is 0 Å². The Morgan fingerprint density at radius 3 is 2.78 bits per heavy atom. The molecule has 1 aromatic carbocycles. The molecule has 3 N–H and O–H groups in total. The van der Waals surface area contributed by atoms with Gasteiger partial charge in [0.25, 0.3) is 0 Å². The summed E-state index contributed by atoms with van der Waals surface area (Å²) in [4.78, 5) is 25.3. The molecule has 1 fully saturated rings. The van der Waals surface area contributed by atoms with Crippen molar-refractivity contribution in [1.82, 2.24) is 10.2 Å². The van der Waals surface area contributed by atoms with Crippen LogP contribution in [0.25, 0.3) is 0 Å².